The van der Waals surface area contributed by atoms with Gasteiger partial charge in [-0.2, -0.15) is 13.2 Å². The molecule has 6 nitrogen and oxygen atoms in total. The highest BCUT2D eigenvalue weighted by Gasteiger charge is 2.34. The van der Waals surface area contributed by atoms with Crippen LogP contribution in [0.25, 0.3) is 10.9 Å². The lowest BCUT2D eigenvalue weighted by Crippen LogP contribution is -2.25. The minimum Gasteiger partial charge on any atom is -0.504 e. The summed E-state index contributed by atoms with van der Waals surface area (Å²) in [4.78, 5) is 26.2. The molecule has 0 unspecified atom stereocenters. The first-order valence-electron chi connectivity index (χ1n) is 7.38. The average Bonchev–Trinajstić information content (AvgIpc) is 2.90. The summed E-state index contributed by atoms with van der Waals surface area (Å²) in [7, 11) is 0. The number of anilines is 1. The topological polar surface area (TPSA) is 102 Å². The number of rotatable bonds is 3. The molecule has 1 amide bonds. The van der Waals surface area contributed by atoms with E-state index >= 15 is 0 Å². The van der Waals surface area contributed by atoms with Crippen LogP contribution in [-0.2, 0) is 6.18 Å². The Morgan fingerprint density at radius 2 is 1.93 bits per heavy atom. The standard InChI is InChI=1S/C16H9Cl2F3N2O4S/c17-13(18)11-9(14(26)22-8-4-7(24)15(27)28-8)12(25)5-2-1-3-6(10(5)23-11)16(19,20)21/h1-4,13,24,27H,(H,22,26)(H,23,25). The first-order chi connectivity index (χ1) is 13.0. The minimum atomic E-state index is -4.76. The Bertz CT molecular complexity index is 1120. The second-order valence-electron chi connectivity index (χ2n) is 5.52. The van der Waals surface area contributed by atoms with Crippen molar-refractivity contribution in [2.24, 2.45) is 0 Å². The summed E-state index contributed by atoms with van der Waals surface area (Å²) in [6.07, 6.45) is -4.76. The van der Waals surface area contributed by atoms with Gasteiger partial charge in [-0.25, -0.2) is 0 Å². The Hall–Kier alpha value is -2.43. The number of pyridine rings is 1. The molecule has 0 radical (unpaired) electrons. The van der Waals surface area contributed by atoms with Crippen molar-refractivity contribution in [1.82, 2.24) is 4.98 Å². The third kappa shape index (κ3) is 3.62. The van der Waals surface area contributed by atoms with E-state index in [2.05, 4.69) is 10.3 Å². The Labute approximate surface area is 168 Å². The number of nitrogens with one attached hydrogen (secondary N) is 2. The summed E-state index contributed by atoms with van der Waals surface area (Å²) in [5.74, 6) is -1.52. The molecule has 0 bridgehead atoms. The summed E-state index contributed by atoms with van der Waals surface area (Å²) in [5, 5.41) is 20.1. The van der Waals surface area contributed by atoms with Gasteiger partial charge < -0.3 is 20.5 Å². The Kier molecular flexibility index (Phi) is 5.22. The van der Waals surface area contributed by atoms with Crippen LogP contribution in [0.2, 0.25) is 0 Å². The van der Waals surface area contributed by atoms with Gasteiger partial charge in [0.1, 0.15) is 15.4 Å². The minimum absolute atomic E-state index is 0.00446. The van der Waals surface area contributed by atoms with E-state index in [1.54, 1.807) is 0 Å². The van der Waals surface area contributed by atoms with Crippen LogP contribution in [0.3, 0.4) is 0 Å². The van der Waals surface area contributed by atoms with Gasteiger partial charge in [0.05, 0.1) is 16.8 Å². The molecule has 148 valence electrons. The van der Waals surface area contributed by atoms with Gasteiger partial charge >= 0.3 is 6.18 Å². The van der Waals surface area contributed by atoms with Crippen molar-refractivity contribution in [3.05, 3.63) is 51.3 Å². The molecule has 0 fully saturated rings. The molecule has 4 N–H and O–H groups in total. The van der Waals surface area contributed by atoms with Crippen molar-refractivity contribution in [3.8, 4) is 10.8 Å². The highest BCUT2D eigenvalue weighted by atomic mass is 35.5. The summed E-state index contributed by atoms with van der Waals surface area (Å²) >= 11 is 12.2. The van der Waals surface area contributed by atoms with Crippen molar-refractivity contribution >= 4 is 56.3 Å². The Morgan fingerprint density at radius 1 is 1.25 bits per heavy atom. The van der Waals surface area contributed by atoms with Crippen LogP contribution in [0, 0.1) is 0 Å². The maximum absolute atomic E-state index is 13.3. The Balaban J connectivity index is 2.22. The fraction of sp³-hybridized carbons (Fsp3) is 0.125. The van der Waals surface area contributed by atoms with Gasteiger partial charge in [0, 0.05) is 11.5 Å². The van der Waals surface area contributed by atoms with Crippen molar-refractivity contribution in [3.63, 3.8) is 0 Å². The van der Waals surface area contributed by atoms with E-state index in [0.29, 0.717) is 11.3 Å². The number of aromatic hydroxyl groups is 2. The maximum Gasteiger partial charge on any atom is 0.418 e. The van der Waals surface area contributed by atoms with Gasteiger partial charge in [0.2, 0.25) is 10.5 Å². The fourth-order valence-corrected chi connectivity index (χ4v) is 3.58. The van der Waals surface area contributed by atoms with E-state index < -0.39 is 55.5 Å². The number of alkyl halides is 5. The molecular formula is C16H9Cl2F3N2O4S. The smallest absolute Gasteiger partial charge is 0.418 e. The number of aromatic amines is 1. The summed E-state index contributed by atoms with van der Waals surface area (Å²) < 4.78 is 39.8. The number of hydrogen-bond donors (Lipinski definition) is 4. The van der Waals surface area contributed by atoms with E-state index in [9.17, 15) is 33.0 Å². The highest BCUT2D eigenvalue weighted by molar-refractivity contribution is 7.18. The van der Waals surface area contributed by atoms with Crippen LogP contribution in [0.4, 0.5) is 18.2 Å². The normalized spacial score (nSPS) is 11.9. The number of hydrogen-bond acceptors (Lipinski definition) is 5. The SMILES string of the molecule is O=C(Nc1cc(O)c(O)s1)c1c(C(Cl)Cl)[nH]c2c(C(F)(F)F)cccc2c1=O. The lowest BCUT2D eigenvalue weighted by molar-refractivity contribution is -0.136. The zero-order chi connectivity index (χ0) is 20.8. The van der Waals surface area contributed by atoms with Crippen LogP contribution >= 0.6 is 34.5 Å². The Morgan fingerprint density at radius 3 is 2.46 bits per heavy atom. The molecule has 2 heterocycles. The quantitative estimate of drug-likeness (QED) is 0.430. The molecule has 0 aliphatic rings. The van der Waals surface area contributed by atoms with Crippen molar-refractivity contribution in [2.75, 3.05) is 5.32 Å². The monoisotopic (exact) mass is 452 g/mol. The molecule has 0 saturated carbocycles. The fourth-order valence-electron chi connectivity index (χ4n) is 2.56. The van der Waals surface area contributed by atoms with Crippen LogP contribution in [0.1, 0.15) is 26.5 Å². The zero-order valence-corrected chi connectivity index (χ0v) is 15.7. The van der Waals surface area contributed by atoms with Crippen LogP contribution in [0.5, 0.6) is 10.8 Å². The van der Waals surface area contributed by atoms with Gasteiger partial charge in [0.25, 0.3) is 5.91 Å². The van der Waals surface area contributed by atoms with E-state index in [1.807, 2.05) is 0 Å². The third-order valence-corrected chi connectivity index (χ3v) is 5.02. The lowest BCUT2D eigenvalue weighted by Gasteiger charge is -2.15. The predicted molar refractivity (Wildman–Crippen MR) is 99.6 cm³/mol. The predicted octanol–water partition coefficient (Wildman–Crippen LogP) is 4.75. The van der Waals surface area contributed by atoms with Gasteiger partial charge in [-0.15, -0.1) is 0 Å². The molecule has 2 aromatic heterocycles. The van der Waals surface area contributed by atoms with E-state index in [0.717, 1.165) is 24.3 Å². The molecule has 3 aromatic rings. The molecule has 0 aliphatic heterocycles. The maximum atomic E-state index is 13.3. The third-order valence-electron chi connectivity index (χ3n) is 3.75. The number of aromatic nitrogens is 1. The molecule has 0 atom stereocenters. The molecule has 3 rings (SSSR count). The van der Waals surface area contributed by atoms with E-state index in [4.69, 9.17) is 23.2 Å². The number of amides is 1. The lowest BCUT2D eigenvalue weighted by atomic mass is 10.0. The number of fused-ring (bicyclic) bond motifs is 1. The number of carbonyl (C=O) groups excluding carboxylic acids is 1. The zero-order valence-electron chi connectivity index (χ0n) is 13.4. The first kappa shape index (κ1) is 20.3. The van der Waals surface area contributed by atoms with Gasteiger partial charge in [-0.3, -0.25) is 9.59 Å². The summed E-state index contributed by atoms with van der Waals surface area (Å²) in [5.41, 5.74) is -3.68. The van der Waals surface area contributed by atoms with Gasteiger partial charge in [-0.05, 0) is 12.1 Å². The molecule has 12 heteroatoms. The van der Waals surface area contributed by atoms with Gasteiger partial charge in [0.15, 0.2) is 5.75 Å². The van der Waals surface area contributed by atoms with Crippen LogP contribution in [-0.4, -0.2) is 21.1 Å². The molecule has 1 aromatic carbocycles. The first-order valence-corrected chi connectivity index (χ1v) is 9.07. The molecule has 0 spiro atoms. The largest absolute Gasteiger partial charge is 0.504 e. The number of thiophene rings is 1. The highest BCUT2D eigenvalue weighted by Crippen LogP contribution is 2.39. The van der Waals surface area contributed by atoms with E-state index in [-0.39, 0.29) is 10.4 Å². The van der Waals surface area contributed by atoms with E-state index in [1.165, 1.54) is 0 Å². The molecule has 0 saturated heterocycles. The molecular weight excluding hydrogens is 444 g/mol. The second kappa shape index (κ2) is 7.19. The molecule has 0 aliphatic carbocycles. The number of para-hydroxylation sites is 1. The number of benzene rings is 1. The van der Waals surface area contributed by atoms with Crippen molar-refractivity contribution in [2.45, 2.75) is 11.0 Å². The van der Waals surface area contributed by atoms with Crippen LogP contribution < -0.4 is 10.7 Å². The second-order valence-corrected chi connectivity index (χ2v) is 7.65. The molecule has 28 heavy (non-hydrogen) atoms. The van der Waals surface area contributed by atoms with Gasteiger partial charge in [-0.1, -0.05) is 40.6 Å². The van der Waals surface area contributed by atoms with Crippen LogP contribution in [0.15, 0.2) is 29.1 Å². The summed E-state index contributed by atoms with van der Waals surface area (Å²) in [6, 6.07) is 3.98. The summed E-state index contributed by atoms with van der Waals surface area (Å²) in [6.45, 7) is 0. The number of halogens is 5. The van der Waals surface area contributed by atoms with Crippen molar-refractivity contribution in [1.29, 1.82) is 0 Å². The van der Waals surface area contributed by atoms with Crippen molar-refractivity contribution < 1.29 is 28.2 Å². The number of H-pyrrole nitrogens is 1. The number of carbonyl (C=O) groups is 1. The average molecular weight is 453 g/mol.